The largest absolute Gasteiger partial charge is 0.298 e. The summed E-state index contributed by atoms with van der Waals surface area (Å²) >= 11 is 0. The summed E-state index contributed by atoms with van der Waals surface area (Å²) in [5.74, 6) is -1.27. The molecular weight excluding hydrogens is 252 g/mol. The molecule has 0 aromatic heterocycles. The molecule has 1 aromatic carbocycles. The molecule has 1 fully saturated rings. The lowest BCUT2D eigenvalue weighted by molar-refractivity contribution is -0.124. The Labute approximate surface area is 117 Å². The second-order valence-corrected chi connectivity index (χ2v) is 5.03. The number of carbonyl (C=O) groups excluding carboxylic acids is 2. The Morgan fingerprint density at radius 1 is 1.30 bits per heavy atom. The van der Waals surface area contributed by atoms with Gasteiger partial charge in [0.05, 0.1) is 18.1 Å². The maximum atomic E-state index is 12.2. The second kappa shape index (κ2) is 5.67. The van der Waals surface area contributed by atoms with Crippen molar-refractivity contribution in [3.8, 4) is 12.1 Å². The molecule has 1 aliphatic rings. The van der Waals surface area contributed by atoms with Crippen molar-refractivity contribution in [1.29, 1.82) is 10.5 Å². The summed E-state index contributed by atoms with van der Waals surface area (Å²) in [4.78, 5) is 24.1. The maximum Gasteiger partial charge on any atom is 0.164 e. The molecule has 1 aliphatic carbocycles. The zero-order valence-corrected chi connectivity index (χ0v) is 11.0. The third-order valence-corrected chi connectivity index (χ3v) is 3.91. The Morgan fingerprint density at radius 3 is 2.50 bits per heavy atom. The van der Waals surface area contributed by atoms with Gasteiger partial charge in [-0.05, 0) is 12.8 Å². The van der Waals surface area contributed by atoms with Crippen LogP contribution in [0.15, 0.2) is 30.3 Å². The first-order valence-corrected chi connectivity index (χ1v) is 6.56. The normalized spacial score (nSPS) is 22.8. The van der Waals surface area contributed by atoms with Gasteiger partial charge in [0.2, 0.25) is 0 Å². The number of benzene rings is 1. The highest BCUT2D eigenvalue weighted by Gasteiger charge is 2.49. The van der Waals surface area contributed by atoms with E-state index < -0.39 is 11.3 Å². The van der Waals surface area contributed by atoms with Crippen molar-refractivity contribution in [1.82, 2.24) is 0 Å². The summed E-state index contributed by atoms with van der Waals surface area (Å²) in [6.07, 6.45) is 1.23. The van der Waals surface area contributed by atoms with Gasteiger partial charge in [0, 0.05) is 18.4 Å². The van der Waals surface area contributed by atoms with E-state index in [0.29, 0.717) is 24.8 Å². The molecule has 0 radical (unpaired) electrons. The molecule has 20 heavy (non-hydrogen) atoms. The molecule has 0 aliphatic heterocycles. The van der Waals surface area contributed by atoms with Crippen LogP contribution in [0.4, 0.5) is 0 Å². The summed E-state index contributed by atoms with van der Waals surface area (Å²) in [6, 6.07) is 12.7. The molecule has 0 heterocycles. The smallest absolute Gasteiger partial charge is 0.164 e. The quantitative estimate of drug-likeness (QED) is 0.784. The SMILES string of the molecule is N#C[C@@H](CC(=O)c1ccccc1)[C@]1(C#N)CCCC1=O. The molecule has 0 bridgehead atoms. The molecule has 0 amide bonds. The van der Waals surface area contributed by atoms with E-state index in [-0.39, 0.29) is 18.0 Å². The monoisotopic (exact) mass is 266 g/mol. The maximum absolute atomic E-state index is 12.2. The molecule has 0 spiro atoms. The molecule has 0 unspecified atom stereocenters. The lowest BCUT2D eigenvalue weighted by Gasteiger charge is -2.23. The summed E-state index contributed by atoms with van der Waals surface area (Å²) in [6.45, 7) is 0. The highest BCUT2D eigenvalue weighted by Crippen LogP contribution is 2.42. The van der Waals surface area contributed by atoms with E-state index >= 15 is 0 Å². The predicted octanol–water partition coefficient (Wildman–Crippen LogP) is 2.66. The van der Waals surface area contributed by atoms with Gasteiger partial charge in [-0.15, -0.1) is 0 Å². The topological polar surface area (TPSA) is 81.7 Å². The number of carbonyl (C=O) groups is 2. The van der Waals surface area contributed by atoms with Gasteiger partial charge in [-0.25, -0.2) is 0 Å². The van der Waals surface area contributed by atoms with Gasteiger partial charge in [0.15, 0.2) is 11.6 Å². The van der Waals surface area contributed by atoms with Crippen LogP contribution in [-0.4, -0.2) is 11.6 Å². The van der Waals surface area contributed by atoms with E-state index in [9.17, 15) is 20.1 Å². The van der Waals surface area contributed by atoms with Gasteiger partial charge in [0.1, 0.15) is 5.41 Å². The Hall–Kier alpha value is -2.46. The minimum Gasteiger partial charge on any atom is -0.298 e. The van der Waals surface area contributed by atoms with Crippen molar-refractivity contribution in [3.05, 3.63) is 35.9 Å². The van der Waals surface area contributed by atoms with Crippen LogP contribution >= 0.6 is 0 Å². The lowest BCUT2D eigenvalue weighted by Crippen LogP contribution is -2.34. The molecule has 1 aromatic rings. The fourth-order valence-corrected chi connectivity index (χ4v) is 2.71. The molecular formula is C16H14N2O2. The minimum atomic E-state index is -1.29. The van der Waals surface area contributed by atoms with Crippen molar-refractivity contribution in [3.63, 3.8) is 0 Å². The number of rotatable bonds is 4. The highest BCUT2D eigenvalue weighted by molar-refractivity contribution is 5.97. The van der Waals surface area contributed by atoms with Crippen molar-refractivity contribution in [2.45, 2.75) is 25.7 Å². The van der Waals surface area contributed by atoms with Crippen LogP contribution in [0.1, 0.15) is 36.0 Å². The summed E-state index contributed by atoms with van der Waals surface area (Å²) in [7, 11) is 0. The van der Waals surface area contributed by atoms with Crippen molar-refractivity contribution >= 4 is 11.6 Å². The molecule has 1 saturated carbocycles. The Morgan fingerprint density at radius 2 is 2.00 bits per heavy atom. The summed E-state index contributed by atoms with van der Waals surface area (Å²) in [5.41, 5.74) is -0.787. The van der Waals surface area contributed by atoms with Crippen LogP contribution in [0.25, 0.3) is 0 Å². The van der Waals surface area contributed by atoms with Crippen LogP contribution < -0.4 is 0 Å². The van der Waals surface area contributed by atoms with Crippen molar-refractivity contribution in [2.75, 3.05) is 0 Å². The number of hydrogen-bond acceptors (Lipinski definition) is 4. The fourth-order valence-electron chi connectivity index (χ4n) is 2.71. The molecule has 0 N–H and O–H groups in total. The molecule has 100 valence electrons. The van der Waals surface area contributed by atoms with E-state index in [2.05, 4.69) is 0 Å². The number of ketones is 2. The highest BCUT2D eigenvalue weighted by atomic mass is 16.1. The number of nitriles is 2. The molecule has 4 heteroatoms. The first kappa shape index (κ1) is 14.0. The van der Waals surface area contributed by atoms with Gasteiger partial charge in [0.25, 0.3) is 0 Å². The lowest BCUT2D eigenvalue weighted by atomic mass is 9.72. The number of Topliss-reactive ketones (excluding diaryl/α,β-unsaturated/α-hetero) is 2. The second-order valence-electron chi connectivity index (χ2n) is 5.03. The van der Waals surface area contributed by atoms with Crippen molar-refractivity contribution < 1.29 is 9.59 Å². The van der Waals surface area contributed by atoms with Gasteiger partial charge in [-0.3, -0.25) is 9.59 Å². The first-order chi connectivity index (χ1) is 9.64. The van der Waals surface area contributed by atoms with Crippen LogP contribution in [0.5, 0.6) is 0 Å². The van der Waals surface area contributed by atoms with Gasteiger partial charge < -0.3 is 0 Å². The average Bonchev–Trinajstić information content (AvgIpc) is 2.87. The minimum absolute atomic E-state index is 0.0835. The number of nitrogens with zero attached hydrogens (tertiary/aromatic N) is 2. The van der Waals surface area contributed by atoms with E-state index in [4.69, 9.17) is 0 Å². The van der Waals surface area contributed by atoms with Crippen LogP contribution in [0, 0.1) is 34.0 Å². The third-order valence-electron chi connectivity index (χ3n) is 3.91. The van der Waals surface area contributed by atoms with E-state index in [1.807, 2.05) is 12.1 Å². The predicted molar refractivity (Wildman–Crippen MR) is 71.4 cm³/mol. The van der Waals surface area contributed by atoms with Crippen LogP contribution in [-0.2, 0) is 4.79 Å². The van der Waals surface area contributed by atoms with Gasteiger partial charge in [-0.1, -0.05) is 30.3 Å². The fraction of sp³-hybridized carbons (Fsp3) is 0.375. The Balaban J connectivity index is 2.23. The van der Waals surface area contributed by atoms with E-state index in [1.54, 1.807) is 30.3 Å². The van der Waals surface area contributed by atoms with Crippen LogP contribution in [0.2, 0.25) is 0 Å². The third kappa shape index (κ3) is 2.33. The molecule has 4 nitrogen and oxygen atoms in total. The first-order valence-electron chi connectivity index (χ1n) is 6.56. The van der Waals surface area contributed by atoms with Crippen molar-refractivity contribution in [2.24, 2.45) is 11.3 Å². The molecule has 2 rings (SSSR count). The zero-order chi connectivity index (χ0) is 14.6. The zero-order valence-electron chi connectivity index (χ0n) is 11.0. The molecule has 2 atom stereocenters. The van der Waals surface area contributed by atoms with E-state index in [0.717, 1.165) is 0 Å². The Bertz CT molecular complexity index is 610. The van der Waals surface area contributed by atoms with Crippen LogP contribution in [0.3, 0.4) is 0 Å². The average molecular weight is 266 g/mol. The van der Waals surface area contributed by atoms with Gasteiger partial charge in [-0.2, -0.15) is 10.5 Å². The van der Waals surface area contributed by atoms with Gasteiger partial charge >= 0.3 is 0 Å². The summed E-state index contributed by atoms with van der Waals surface area (Å²) < 4.78 is 0. The van der Waals surface area contributed by atoms with E-state index in [1.165, 1.54) is 0 Å². The Kier molecular flexibility index (Phi) is 3.96. The number of hydrogen-bond donors (Lipinski definition) is 0. The molecule has 0 saturated heterocycles. The standard InChI is InChI=1S/C16H14N2O2/c17-10-13(16(11-18)8-4-7-15(16)20)9-14(19)12-5-2-1-3-6-12/h1-3,5-6,13H,4,7-9H2/t13-,16-/m1/s1. The summed E-state index contributed by atoms with van der Waals surface area (Å²) in [5, 5.41) is 18.6.